The number of rotatable bonds is 6. The Balaban J connectivity index is 0.00000289. The molecule has 2 aliphatic rings. The predicted octanol–water partition coefficient (Wildman–Crippen LogP) is 4.38. The van der Waals surface area contributed by atoms with Gasteiger partial charge in [-0.15, -0.1) is 12.4 Å². The van der Waals surface area contributed by atoms with Crippen molar-refractivity contribution in [1.82, 2.24) is 10.2 Å². The SMILES string of the molecule is COc1cccc2c1CCNC2(CN1CCCC1)C(=O)Cc1ccc(C(F)(F)F)cc1.Cl. The van der Waals surface area contributed by atoms with Crippen molar-refractivity contribution in [1.29, 1.82) is 0 Å². The molecule has 0 aliphatic carbocycles. The normalized spacial score (nSPS) is 21.0. The summed E-state index contributed by atoms with van der Waals surface area (Å²) in [6, 6.07) is 10.7. The molecule has 2 heterocycles. The maximum Gasteiger partial charge on any atom is 0.416 e. The van der Waals surface area contributed by atoms with Gasteiger partial charge in [0.15, 0.2) is 5.78 Å². The highest BCUT2D eigenvalue weighted by Crippen LogP contribution is 2.37. The molecule has 0 bridgehead atoms. The maximum atomic E-state index is 13.8. The van der Waals surface area contributed by atoms with Gasteiger partial charge in [0.1, 0.15) is 11.3 Å². The summed E-state index contributed by atoms with van der Waals surface area (Å²) in [5.74, 6) is 0.737. The summed E-state index contributed by atoms with van der Waals surface area (Å²) in [5.41, 5.74) is 0.914. The summed E-state index contributed by atoms with van der Waals surface area (Å²) in [4.78, 5) is 16.1. The van der Waals surface area contributed by atoms with Crippen LogP contribution < -0.4 is 10.1 Å². The number of nitrogens with zero attached hydrogens (tertiary/aromatic N) is 1. The van der Waals surface area contributed by atoms with E-state index >= 15 is 0 Å². The van der Waals surface area contributed by atoms with Crippen LogP contribution in [0.3, 0.4) is 0 Å². The number of ketones is 1. The van der Waals surface area contributed by atoms with E-state index in [4.69, 9.17) is 4.74 Å². The number of carbonyl (C=O) groups is 1. The molecular weight excluding hydrogens is 441 g/mol. The van der Waals surface area contributed by atoms with Crippen LogP contribution in [-0.4, -0.2) is 44.0 Å². The topological polar surface area (TPSA) is 41.6 Å². The zero-order chi connectivity index (χ0) is 22.1. The molecule has 8 heteroatoms. The second kappa shape index (κ2) is 9.81. The summed E-state index contributed by atoms with van der Waals surface area (Å²) in [6.45, 7) is 3.07. The average molecular weight is 469 g/mol. The van der Waals surface area contributed by atoms with E-state index in [1.165, 1.54) is 12.1 Å². The molecule has 1 N–H and O–H groups in total. The minimum atomic E-state index is -4.39. The molecule has 1 fully saturated rings. The minimum Gasteiger partial charge on any atom is -0.496 e. The summed E-state index contributed by atoms with van der Waals surface area (Å²) < 4.78 is 44.3. The van der Waals surface area contributed by atoms with Crippen molar-refractivity contribution in [2.45, 2.75) is 37.4 Å². The Morgan fingerprint density at radius 3 is 2.44 bits per heavy atom. The third-order valence-electron chi connectivity index (χ3n) is 6.40. The van der Waals surface area contributed by atoms with Gasteiger partial charge < -0.3 is 9.64 Å². The van der Waals surface area contributed by atoms with Gasteiger partial charge in [-0.05, 0) is 61.7 Å². The standard InChI is InChI=1S/C24H27F3N2O2.ClH/c1-31-21-6-4-5-20-19(21)11-12-28-23(20,16-29-13-2-3-14-29)22(30)15-17-7-9-18(10-8-17)24(25,26)27;/h4-10,28H,2-3,11-16H2,1H3;1H. The predicted molar refractivity (Wildman–Crippen MR) is 119 cm³/mol. The second-order valence-corrected chi connectivity index (χ2v) is 8.35. The fraction of sp³-hybridized carbons (Fsp3) is 0.458. The molecule has 2 aromatic rings. The van der Waals surface area contributed by atoms with Gasteiger partial charge in [0, 0.05) is 25.1 Å². The lowest BCUT2D eigenvalue weighted by Crippen LogP contribution is -2.59. The highest BCUT2D eigenvalue weighted by molar-refractivity contribution is 5.92. The van der Waals surface area contributed by atoms with Gasteiger partial charge in [-0.3, -0.25) is 10.1 Å². The van der Waals surface area contributed by atoms with E-state index in [1.807, 2.05) is 18.2 Å². The fourth-order valence-electron chi connectivity index (χ4n) is 4.81. The minimum absolute atomic E-state index is 0. The van der Waals surface area contributed by atoms with E-state index in [0.29, 0.717) is 18.7 Å². The van der Waals surface area contributed by atoms with Crippen molar-refractivity contribution in [3.8, 4) is 5.75 Å². The van der Waals surface area contributed by atoms with E-state index in [9.17, 15) is 18.0 Å². The number of benzene rings is 2. The summed E-state index contributed by atoms with van der Waals surface area (Å²) in [6.07, 6.45) is -1.35. The molecular formula is C24H28ClF3N2O2. The molecule has 2 aliphatic heterocycles. The van der Waals surface area contributed by atoms with Crippen molar-refractivity contribution >= 4 is 18.2 Å². The van der Waals surface area contributed by atoms with Crippen LogP contribution in [0.25, 0.3) is 0 Å². The highest BCUT2D eigenvalue weighted by atomic mass is 35.5. The van der Waals surface area contributed by atoms with Crippen molar-refractivity contribution in [3.05, 3.63) is 64.7 Å². The van der Waals surface area contributed by atoms with E-state index in [0.717, 1.165) is 61.4 Å². The van der Waals surface area contributed by atoms with Crippen LogP contribution in [0.5, 0.6) is 5.75 Å². The number of nitrogens with one attached hydrogen (secondary N) is 1. The average Bonchev–Trinajstić information content (AvgIpc) is 3.26. The number of hydrogen-bond donors (Lipinski definition) is 1. The molecule has 0 amide bonds. The fourth-order valence-corrected chi connectivity index (χ4v) is 4.81. The first-order valence-corrected chi connectivity index (χ1v) is 10.7. The zero-order valence-corrected chi connectivity index (χ0v) is 18.8. The Kier molecular flexibility index (Phi) is 7.53. The number of Topliss-reactive ketones (excluding diaryl/α,β-unsaturated/α-hetero) is 1. The maximum absolute atomic E-state index is 13.8. The number of ether oxygens (including phenoxy) is 1. The van der Waals surface area contributed by atoms with E-state index < -0.39 is 17.3 Å². The number of fused-ring (bicyclic) bond motifs is 1. The summed E-state index contributed by atoms with van der Waals surface area (Å²) >= 11 is 0. The molecule has 0 saturated carbocycles. The van der Waals surface area contributed by atoms with Gasteiger partial charge in [-0.1, -0.05) is 24.3 Å². The van der Waals surface area contributed by atoms with Gasteiger partial charge in [0.2, 0.25) is 0 Å². The van der Waals surface area contributed by atoms with E-state index in [-0.39, 0.29) is 24.6 Å². The van der Waals surface area contributed by atoms with Crippen LogP contribution in [-0.2, 0) is 29.4 Å². The lowest BCUT2D eigenvalue weighted by molar-refractivity contribution is -0.137. The highest BCUT2D eigenvalue weighted by Gasteiger charge is 2.45. The summed E-state index contributed by atoms with van der Waals surface area (Å²) in [5, 5.41) is 3.50. The molecule has 0 radical (unpaired) electrons. The molecule has 174 valence electrons. The van der Waals surface area contributed by atoms with Crippen molar-refractivity contribution in [2.24, 2.45) is 0 Å². The van der Waals surface area contributed by atoms with Gasteiger partial charge in [0.25, 0.3) is 0 Å². The lowest BCUT2D eigenvalue weighted by atomic mass is 9.76. The quantitative estimate of drug-likeness (QED) is 0.683. The molecule has 1 atom stereocenters. The van der Waals surface area contributed by atoms with Crippen LogP contribution >= 0.6 is 12.4 Å². The van der Waals surface area contributed by atoms with Crippen LogP contribution in [0.1, 0.15) is 35.1 Å². The Bertz CT molecular complexity index is 943. The van der Waals surface area contributed by atoms with Crippen molar-refractivity contribution in [3.63, 3.8) is 0 Å². The summed E-state index contributed by atoms with van der Waals surface area (Å²) in [7, 11) is 1.63. The van der Waals surface area contributed by atoms with Crippen LogP contribution in [0.15, 0.2) is 42.5 Å². The molecule has 4 rings (SSSR count). The zero-order valence-electron chi connectivity index (χ0n) is 18.0. The monoisotopic (exact) mass is 468 g/mol. The third kappa shape index (κ3) is 4.80. The number of carbonyl (C=O) groups excluding carboxylic acids is 1. The number of hydrogen-bond acceptors (Lipinski definition) is 4. The smallest absolute Gasteiger partial charge is 0.416 e. The van der Waals surface area contributed by atoms with Gasteiger partial charge in [-0.2, -0.15) is 13.2 Å². The first-order valence-electron chi connectivity index (χ1n) is 10.7. The number of likely N-dealkylation sites (tertiary alicyclic amines) is 1. The lowest BCUT2D eigenvalue weighted by Gasteiger charge is -2.42. The molecule has 0 spiro atoms. The Morgan fingerprint density at radius 1 is 1.12 bits per heavy atom. The number of methoxy groups -OCH3 is 1. The second-order valence-electron chi connectivity index (χ2n) is 8.35. The van der Waals surface area contributed by atoms with Crippen LogP contribution in [0, 0.1) is 0 Å². The first-order chi connectivity index (χ1) is 14.8. The van der Waals surface area contributed by atoms with E-state index in [1.54, 1.807) is 7.11 Å². The molecule has 4 nitrogen and oxygen atoms in total. The molecule has 32 heavy (non-hydrogen) atoms. The molecule has 0 aromatic heterocycles. The van der Waals surface area contributed by atoms with E-state index in [2.05, 4.69) is 10.2 Å². The third-order valence-corrected chi connectivity index (χ3v) is 6.40. The number of alkyl halides is 3. The van der Waals surface area contributed by atoms with Crippen LogP contribution in [0.2, 0.25) is 0 Å². The Hall–Kier alpha value is -2.09. The molecule has 1 saturated heterocycles. The van der Waals surface area contributed by atoms with Crippen molar-refractivity contribution < 1.29 is 22.7 Å². The van der Waals surface area contributed by atoms with Crippen LogP contribution in [0.4, 0.5) is 13.2 Å². The number of halogens is 4. The largest absolute Gasteiger partial charge is 0.496 e. The molecule has 2 aromatic carbocycles. The Morgan fingerprint density at radius 2 is 1.81 bits per heavy atom. The molecule has 1 unspecified atom stereocenters. The van der Waals surface area contributed by atoms with Crippen molar-refractivity contribution in [2.75, 3.05) is 33.3 Å². The van der Waals surface area contributed by atoms with Gasteiger partial charge >= 0.3 is 6.18 Å². The Labute approximate surface area is 192 Å². The van der Waals surface area contributed by atoms with Gasteiger partial charge in [-0.25, -0.2) is 0 Å². The van der Waals surface area contributed by atoms with Gasteiger partial charge in [0.05, 0.1) is 12.7 Å². The first kappa shape index (κ1) is 24.6.